The second-order valence-corrected chi connectivity index (χ2v) is 4.96. The highest BCUT2D eigenvalue weighted by Gasteiger charge is 2.27. The summed E-state index contributed by atoms with van der Waals surface area (Å²) in [7, 11) is 2.03. The third-order valence-electron chi connectivity index (χ3n) is 3.48. The summed E-state index contributed by atoms with van der Waals surface area (Å²) in [5, 5.41) is 11.6. The second-order valence-electron chi connectivity index (χ2n) is 4.96. The molecule has 0 spiro atoms. The van der Waals surface area contributed by atoms with Gasteiger partial charge in [-0.25, -0.2) is 4.79 Å². The van der Waals surface area contributed by atoms with E-state index < -0.39 is 0 Å². The summed E-state index contributed by atoms with van der Waals surface area (Å²) in [5.41, 5.74) is 7.00. The first kappa shape index (κ1) is 14.3. The van der Waals surface area contributed by atoms with Gasteiger partial charge in [0.05, 0.1) is 17.7 Å². The summed E-state index contributed by atoms with van der Waals surface area (Å²) >= 11 is 0. The zero-order chi connectivity index (χ0) is 14.5. The minimum absolute atomic E-state index is 0.0344. The van der Waals surface area contributed by atoms with Crippen LogP contribution in [0.3, 0.4) is 0 Å². The lowest BCUT2D eigenvalue weighted by Gasteiger charge is -2.39. The van der Waals surface area contributed by atoms with Crippen LogP contribution in [-0.2, 0) is 0 Å². The number of nitriles is 1. The number of nitrogens with one attached hydrogen (secondary N) is 1. The van der Waals surface area contributed by atoms with E-state index >= 15 is 0 Å². The first-order valence-corrected chi connectivity index (χ1v) is 6.60. The molecule has 2 amide bonds. The number of hydrogen-bond acceptors (Lipinski definition) is 4. The molecule has 0 radical (unpaired) electrons. The monoisotopic (exact) mass is 273 g/mol. The van der Waals surface area contributed by atoms with Crippen molar-refractivity contribution in [3.8, 4) is 6.07 Å². The number of anilines is 1. The van der Waals surface area contributed by atoms with Crippen LogP contribution in [0.15, 0.2) is 24.3 Å². The van der Waals surface area contributed by atoms with E-state index in [1.54, 1.807) is 29.2 Å². The van der Waals surface area contributed by atoms with E-state index in [2.05, 4.69) is 10.2 Å². The van der Waals surface area contributed by atoms with Crippen LogP contribution in [0, 0.1) is 11.3 Å². The van der Waals surface area contributed by atoms with Crippen molar-refractivity contribution < 1.29 is 4.79 Å². The molecule has 0 bridgehead atoms. The van der Waals surface area contributed by atoms with Gasteiger partial charge in [-0.15, -0.1) is 0 Å². The molecule has 6 heteroatoms. The molecular weight excluding hydrogens is 254 g/mol. The highest BCUT2D eigenvalue weighted by atomic mass is 16.2. The fraction of sp³-hybridized carbons (Fsp3) is 0.429. The number of carbonyl (C=O) groups is 1. The molecule has 1 fully saturated rings. The normalized spacial score (nSPS) is 19.4. The predicted octanol–water partition coefficient (Wildman–Crippen LogP) is 0.665. The van der Waals surface area contributed by atoms with Gasteiger partial charge in [-0.3, -0.25) is 0 Å². The van der Waals surface area contributed by atoms with Gasteiger partial charge in [0.1, 0.15) is 0 Å². The molecule has 106 valence electrons. The van der Waals surface area contributed by atoms with Crippen molar-refractivity contribution in [2.45, 2.75) is 6.04 Å². The average Bonchev–Trinajstić information content (AvgIpc) is 2.47. The fourth-order valence-electron chi connectivity index (χ4n) is 2.30. The first-order valence-electron chi connectivity index (χ1n) is 6.60. The summed E-state index contributed by atoms with van der Waals surface area (Å²) in [5.74, 6) is 0. The number of benzene rings is 1. The quantitative estimate of drug-likeness (QED) is 0.829. The fourth-order valence-corrected chi connectivity index (χ4v) is 2.30. The highest BCUT2D eigenvalue weighted by molar-refractivity contribution is 5.89. The number of urea groups is 1. The van der Waals surface area contributed by atoms with Crippen molar-refractivity contribution in [3.63, 3.8) is 0 Å². The number of nitrogens with two attached hydrogens (primary N) is 1. The SMILES string of the molecule is CN1CCN(C(=O)Nc2ccc(C#N)cc2)C(CN)C1. The van der Waals surface area contributed by atoms with E-state index in [-0.39, 0.29) is 12.1 Å². The minimum atomic E-state index is -0.141. The molecule has 0 aromatic heterocycles. The van der Waals surface area contributed by atoms with Crippen molar-refractivity contribution in [1.29, 1.82) is 5.26 Å². The van der Waals surface area contributed by atoms with Crippen LogP contribution in [0.4, 0.5) is 10.5 Å². The van der Waals surface area contributed by atoms with E-state index in [9.17, 15) is 4.79 Å². The number of likely N-dealkylation sites (N-methyl/N-ethyl adjacent to an activating group) is 1. The summed E-state index contributed by atoms with van der Waals surface area (Å²) in [4.78, 5) is 16.2. The van der Waals surface area contributed by atoms with Crippen molar-refractivity contribution in [2.75, 3.05) is 38.5 Å². The van der Waals surface area contributed by atoms with E-state index in [1.807, 2.05) is 13.1 Å². The molecule has 3 N–H and O–H groups in total. The Morgan fingerprint density at radius 3 is 2.75 bits per heavy atom. The van der Waals surface area contributed by atoms with Gasteiger partial charge in [-0.1, -0.05) is 0 Å². The summed E-state index contributed by atoms with van der Waals surface area (Å²) in [6.07, 6.45) is 0. The smallest absolute Gasteiger partial charge is 0.322 e. The molecule has 1 atom stereocenters. The lowest BCUT2D eigenvalue weighted by atomic mass is 10.2. The third-order valence-corrected chi connectivity index (χ3v) is 3.48. The van der Waals surface area contributed by atoms with Crippen LogP contribution in [0.25, 0.3) is 0 Å². The van der Waals surface area contributed by atoms with Crippen LogP contribution in [0.5, 0.6) is 0 Å². The van der Waals surface area contributed by atoms with Gasteiger partial charge in [-0.2, -0.15) is 5.26 Å². The van der Waals surface area contributed by atoms with E-state index in [0.29, 0.717) is 24.3 Å². The van der Waals surface area contributed by atoms with Crippen LogP contribution in [0.1, 0.15) is 5.56 Å². The number of carbonyl (C=O) groups excluding carboxylic acids is 1. The molecule has 0 aliphatic carbocycles. The molecule has 2 rings (SSSR count). The first-order chi connectivity index (χ1) is 9.63. The average molecular weight is 273 g/mol. The van der Waals surface area contributed by atoms with E-state index in [0.717, 1.165) is 13.1 Å². The maximum Gasteiger partial charge on any atom is 0.322 e. The van der Waals surface area contributed by atoms with E-state index in [4.69, 9.17) is 11.0 Å². The van der Waals surface area contributed by atoms with Gasteiger partial charge in [0.15, 0.2) is 0 Å². The Bertz CT molecular complexity index is 507. The number of piperazine rings is 1. The molecule has 0 saturated carbocycles. The summed E-state index contributed by atoms with van der Waals surface area (Å²) < 4.78 is 0. The van der Waals surface area contributed by atoms with Crippen molar-refractivity contribution in [1.82, 2.24) is 9.80 Å². The maximum absolute atomic E-state index is 12.3. The van der Waals surface area contributed by atoms with E-state index in [1.165, 1.54) is 0 Å². The third kappa shape index (κ3) is 3.26. The van der Waals surface area contributed by atoms with Crippen LogP contribution >= 0.6 is 0 Å². The Labute approximate surface area is 118 Å². The zero-order valence-corrected chi connectivity index (χ0v) is 11.5. The number of amides is 2. The van der Waals surface area contributed by atoms with Gasteiger partial charge >= 0.3 is 6.03 Å². The van der Waals surface area contributed by atoms with Crippen LogP contribution in [-0.4, -0.2) is 55.1 Å². The lowest BCUT2D eigenvalue weighted by molar-refractivity contribution is 0.120. The Morgan fingerprint density at radius 1 is 1.45 bits per heavy atom. The molecule has 1 aliphatic rings. The summed E-state index contributed by atoms with van der Waals surface area (Å²) in [6.45, 7) is 2.75. The molecule has 1 saturated heterocycles. The number of rotatable bonds is 2. The minimum Gasteiger partial charge on any atom is -0.328 e. The standard InChI is InChI=1S/C14H19N5O/c1-18-6-7-19(13(9-16)10-18)14(20)17-12-4-2-11(8-15)3-5-12/h2-5,13H,6-7,9-10,16H2,1H3,(H,17,20). The van der Waals surface area contributed by atoms with Crippen molar-refractivity contribution in [3.05, 3.63) is 29.8 Å². The van der Waals surface area contributed by atoms with Gasteiger partial charge in [-0.05, 0) is 31.3 Å². The topological polar surface area (TPSA) is 85.4 Å². The Balaban J connectivity index is 2.01. The van der Waals surface area contributed by atoms with Gasteiger partial charge in [0.2, 0.25) is 0 Å². The molecule has 1 aromatic rings. The van der Waals surface area contributed by atoms with Crippen LogP contribution < -0.4 is 11.1 Å². The predicted molar refractivity (Wildman–Crippen MR) is 77.2 cm³/mol. The maximum atomic E-state index is 12.3. The number of nitrogens with zero attached hydrogens (tertiary/aromatic N) is 3. The Morgan fingerprint density at radius 2 is 2.15 bits per heavy atom. The zero-order valence-electron chi connectivity index (χ0n) is 11.5. The highest BCUT2D eigenvalue weighted by Crippen LogP contribution is 2.13. The van der Waals surface area contributed by atoms with Gasteiger partial charge < -0.3 is 20.9 Å². The van der Waals surface area contributed by atoms with Gasteiger partial charge in [0, 0.05) is 31.9 Å². The molecule has 6 nitrogen and oxygen atoms in total. The molecule has 1 aromatic carbocycles. The van der Waals surface area contributed by atoms with Gasteiger partial charge in [0.25, 0.3) is 0 Å². The van der Waals surface area contributed by atoms with Crippen LogP contribution in [0.2, 0.25) is 0 Å². The van der Waals surface area contributed by atoms with Crippen molar-refractivity contribution in [2.24, 2.45) is 5.73 Å². The Kier molecular flexibility index (Phi) is 4.56. The van der Waals surface area contributed by atoms with Crippen molar-refractivity contribution >= 4 is 11.7 Å². The Hall–Kier alpha value is -2.10. The molecule has 1 heterocycles. The summed E-state index contributed by atoms with van der Waals surface area (Å²) in [6, 6.07) is 8.75. The molecular formula is C14H19N5O. The lowest BCUT2D eigenvalue weighted by Crippen LogP contribution is -2.57. The number of hydrogen-bond donors (Lipinski definition) is 2. The molecule has 1 unspecified atom stereocenters. The second kappa shape index (κ2) is 6.37. The molecule has 1 aliphatic heterocycles. The molecule has 20 heavy (non-hydrogen) atoms. The largest absolute Gasteiger partial charge is 0.328 e.